The zero-order chi connectivity index (χ0) is 13.7. The van der Waals surface area contributed by atoms with Gasteiger partial charge in [-0.05, 0) is 38.4 Å². The standard InChI is InChI=1S/C15H21N3O/c1-12-6-8-17-14(7-9-19)11-18(12)15-5-3-2-4-13(15)10-16/h2-5,12,14,17,19H,6-9,11H2,1H3. The van der Waals surface area contributed by atoms with Gasteiger partial charge in [0.25, 0.3) is 0 Å². The molecule has 2 atom stereocenters. The fourth-order valence-electron chi connectivity index (χ4n) is 2.64. The van der Waals surface area contributed by atoms with Gasteiger partial charge in [-0.3, -0.25) is 0 Å². The van der Waals surface area contributed by atoms with Crippen molar-refractivity contribution in [3.05, 3.63) is 29.8 Å². The van der Waals surface area contributed by atoms with E-state index in [4.69, 9.17) is 5.11 Å². The van der Waals surface area contributed by atoms with Gasteiger partial charge >= 0.3 is 0 Å². The molecule has 1 aromatic rings. The smallest absolute Gasteiger partial charge is 0.101 e. The van der Waals surface area contributed by atoms with E-state index in [0.717, 1.165) is 37.2 Å². The number of nitrogens with one attached hydrogen (secondary N) is 1. The Balaban J connectivity index is 2.26. The number of hydrogen-bond donors (Lipinski definition) is 2. The summed E-state index contributed by atoms with van der Waals surface area (Å²) < 4.78 is 0. The minimum absolute atomic E-state index is 0.194. The summed E-state index contributed by atoms with van der Waals surface area (Å²) >= 11 is 0. The molecule has 4 nitrogen and oxygen atoms in total. The van der Waals surface area contributed by atoms with Gasteiger partial charge in [0, 0.05) is 25.2 Å². The first-order valence-corrected chi connectivity index (χ1v) is 6.86. The van der Waals surface area contributed by atoms with Crippen LogP contribution in [0.1, 0.15) is 25.3 Å². The van der Waals surface area contributed by atoms with Crippen molar-refractivity contribution in [1.82, 2.24) is 5.32 Å². The number of hydrogen-bond acceptors (Lipinski definition) is 4. The van der Waals surface area contributed by atoms with Crippen molar-refractivity contribution in [1.29, 1.82) is 5.26 Å². The summed E-state index contributed by atoms with van der Waals surface area (Å²) in [6.45, 7) is 4.18. The van der Waals surface area contributed by atoms with E-state index in [1.807, 2.05) is 24.3 Å². The van der Waals surface area contributed by atoms with Crippen LogP contribution in [0.5, 0.6) is 0 Å². The van der Waals surface area contributed by atoms with Crippen molar-refractivity contribution in [3.8, 4) is 6.07 Å². The molecule has 0 radical (unpaired) electrons. The lowest BCUT2D eigenvalue weighted by Gasteiger charge is -2.32. The summed E-state index contributed by atoms with van der Waals surface area (Å²) in [7, 11) is 0. The molecular formula is C15H21N3O. The lowest BCUT2D eigenvalue weighted by Crippen LogP contribution is -2.41. The molecule has 102 valence electrons. The molecule has 0 saturated carbocycles. The van der Waals surface area contributed by atoms with Gasteiger partial charge in [0.2, 0.25) is 0 Å². The molecule has 0 aromatic heterocycles. The summed E-state index contributed by atoms with van der Waals surface area (Å²) in [5.74, 6) is 0. The van der Waals surface area contributed by atoms with E-state index in [9.17, 15) is 5.26 Å². The largest absolute Gasteiger partial charge is 0.396 e. The predicted molar refractivity (Wildman–Crippen MR) is 76.1 cm³/mol. The highest BCUT2D eigenvalue weighted by atomic mass is 16.3. The van der Waals surface area contributed by atoms with E-state index in [1.54, 1.807) is 0 Å². The highest BCUT2D eigenvalue weighted by molar-refractivity contribution is 5.60. The molecule has 1 fully saturated rings. The Morgan fingerprint density at radius 2 is 2.26 bits per heavy atom. The maximum atomic E-state index is 9.24. The van der Waals surface area contributed by atoms with Crippen molar-refractivity contribution in [2.45, 2.75) is 31.8 Å². The van der Waals surface area contributed by atoms with Crippen molar-refractivity contribution in [2.75, 3.05) is 24.6 Å². The van der Waals surface area contributed by atoms with Crippen LogP contribution in [0, 0.1) is 11.3 Å². The predicted octanol–water partition coefficient (Wildman–Crippen LogP) is 1.50. The van der Waals surface area contributed by atoms with Gasteiger partial charge in [-0.25, -0.2) is 0 Å². The Labute approximate surface area is 114 Å². The summed E-state index contributed by atoms with van der Waals surface area (Å²) in [5.41, 5.74) is 1.73. The van der Waals surface area contributed by atoms with Gasteiger partial charge in [-0.2, -0.15) is 5.26 Å². The zero-order valence-corrected chi connectivity index (χ0v) is 11.3. The molecule has 1 aromatic carbocycles. The van der Waals surface area contributed by atoms with Gasteiger partial charge < -0.3 is 15.3 Å². The second kappa shape index (κ2) is 6.55. The maximum absolute atomic E-state index is 9.24. The number of rotatable bonds is 3. The summed E-state index contributed by atoms with van der Waals surface area (Å²) in [4.78, 5) is 2.29. The second-order valence-corrected chi connectivity index (χ2v) is 5.08. The Bertz CT molecular complexity index is 455. The number of aliphatic hydroxyl groups is 1. The van der Waals surface area contributed by atoms with Crippen LogP contribution in [0.3, 0.4) is 0 Å². The van der Waals surface area contributed by atoms with Crippen LogP contribution in [0.2, 0.25) is 0 Å². The van der Waals surface area contributed by atoms with Crippen LogP contribution in [-0.4, -0.2) is 36.9 Å². The average molecular weight is 259 g/mol. The first kappa shape index (κ1) is 13.9. The molecule has 1 aliphatic rings. The molecule has 2 N–H and O–H groups in total. The van der Waals surface area contributed by atoms with Crippen LogP contribution < -0.4 is 10.2 Å². The number of benzene rings is 1. The van der Waals surface area contributed by atoms with Gasteiger partial charge in [-0.1, -0.05) is 12.1 Å². The summed E-state index contributed by atoms with van der Waals surface area (Å²) in [5, 5.41) is 21.8. The number of nitriles is 1. The van der Waals surface area contributed by atoms with E-state index in [0.29, 0.717) is 6.04 Å². The summed E-state index contributed by atoms with van der Waals surface area (Å²) in [6.07, 6.45) is 1.79. The van der Waals surface area contributed by atoms with Gasteiger partial charge in [-0.15, -0.1) is 0 Å². The monoisotopic (exact) mass is 259 g/mol. The number of aliphatic hydroxyl groups excluding tert-OH is 1. The van der Waals surface area contributed by atoms with E-state index < -0.39 is 0 Å². The Hall–Kier alpha value is -1.57. The second-order valence-electron chi connectivity index (χ2n) is 5.08. The minimum atomic E-state index is 0.194. The summed E-state index contributed by atoms with van der Waals surface area (Å²) in [6, 6.07) is 10.7. The molecule has 4 heteroatoms. The molecule has 1 heterocycles. The number of para-hydroxylation sites is 1. The zero-order valence-electron chi connectivity index (χ0n) is 11.3. The molecule has 1 saturated heterocycles. The van der Waals surface area contributed by atoms with Crippen molar-refractivity contribution < 1.29 is 5.11 Å². The maximum Gasteiger partial charge on any atom is 0.101 e. The van der Waals surface area contributed by atoms with Crippen LogP contribution in [0.25, 0.3) is 0 Å². The molecule has 0 bridgehead atoms. The molecule has 2 rings (SSSR count). The lowest BCUT2D eigenvalue weighted by atomic mass is 10.1. The topological polar surface area (TPSA) is 59.3 Å². The van der Waals surface area contributed by atoms with E-state index in [1.165, 1.54) is 0 Å². The third kappa shape index (κ3) is 3.25. The van der Waals surface area contributed by atoms with E-state index in [-0.39, 0.29) is 12.6 Å². The molecule has 0 aliphatic carbocycles. The highest BCUT2D eigenvalue weighted by Crippen LogP contribution is 2.24. The van der Waals surface area contributed by atoms with Gasteiger partial charge in [0.1, 0.15) is 6.07 Å². The van der Waals surface area contributed by atoms with E-state index >= 15 is 0 Å². The molecule has 2 unspecified atom stereocenters. The third-order valence-corrected chi connectivity index (χ3v) is 3.76. The number of nitrogens with zero attached hydrogens (tertiary/aromatic N) is 2. The Morgan fingerprint density at radius 3 is 3.00 bits per heavy atom. The van der Waals surface area contributed by atoms with Gasteiger partial charge in [0.15, 0.2) is 0 Å². The minimum Gasteiger partial charge on any atom is -0.396 e. The quantitative estimate of drug-likeness (QED) is 0.863. The van der Waals surface area contributed by atoms with Crippen LogP contribution in [-0.2, 0) is 0 Å². The van der Waals surface area contributed by atoms with E-state index in [2.05, 4.69) is 23.2 Å². The molecular weight excluding hydrogens is 238 g/mol. The van der Waals surface area contributed by atoms with Crippen LogP contribution >= 0.6 is 0 Å². The average Bonchev–Trinajstić information content (AvgIpc) is 2.61. The Morgan fingerprint density at radius 1 is 1.47 bits per heavy atom. The SMILES string of the molecule is CC1CCNC(CCO)CN1c1ccccc1C#N. The highest BCUT2D eigenvalue weighted by Gasteiger charge is 2.24. The van der Waals surface area contributed by atoms with Crippen molar-refractivity contribution >= 4 is 5.69 Å². The lowest BCUT2D eigenvalue weighted by molar-refractivity contribution is 0.267. The van der Waals surface area contributed by atoms with Crippen LogP contribution in [0.15, 0.2) is 24.3 Å². The first-order valence-electron chi connectivity index (χ1n) is 6.86. The molecule has 0 spiro atoms. The number of anilines is 1. The normalized spacial score (nSPS) is 23.7. The molecule has 1 aliphatic heterocycles. The molecule has 0 amide bonds. The van der Waals surface area contributed by atoms with Crippen molar-refractivity contribution in [3.63, 3.8) is 0 Å². The Kier molecular flexibility index (Phi) is 4.78. The molecule has 19 heavy (non-hydrogen) atoms. The third-order valence-electron chi connectivity index (χ3n) is 3.76. The van der Waals surface area contributed by atoms with Crippen LogP contribution in [0.4, 0.5) is 5.69 Å². The fraction of sp³-hybridized carbons (Fsp3) is 0.533. The van der Waals surface area contributed by atoms with Gasteiger partial charge in [0.05, 0.1) is 11.3 Å². The first-order chi connectivity index (χ1) is 9.26. The van der Waals surface area contributed by atoms with Crippen molar-refractivity contribution in [2.24, 2.45) is 0 Å². The fourth-order valence-corrected chi connectivity index (χ4v) is 2.64.